The summed E-state index contributed by atoms with van der Waals surface area (Å²) >= 11 is 0. The Kier molecular flexibility index (Phi) is 3.55. The second-order valence-electron chi connectivity index (χ2n) is 6.27. The highest BCUT2D eigenvalue weighted by molar-refractivity contribution is 6.08. The SMILES string of the molecule is Cc1c(C)c(C)c2c(c1C)C(=O)[C@@H](c1ccccc1)[C@H]2[N+](=O)[O-]. The molecule has 0 heterocycles. The zero-order chi connectivity index (χ0) is 16.9. The van der Waals surface area contributed by atoms with Crippen molar-refractivity contribution in [3.05, 3.63) is 79.4 Å². The van der Waals surface area contributed by atoms with Crippen molar-refractivity contribution < 1.29 is 9.72 Å². The Balaban J connectivity index is 2.33. The summed E-state index contributed by atoms with van der Waals surface area (Å²) < 4.78 is 0. The predicted octanol–water partition coefficient (Wildman–Crippen LogP) is 4.22. The van der Waals surface area contributed by atoms with Gasteiger partial charge in [-0.1, -0.05) is 30.3 Å². The number of nitro groups is 1. The Morgan fingerprint density at radius 2 is 1.48 bits per heavy atom. The molecule has 0 N–H and O–H groups in total. The molecule has 3 rings (SSSR count). The van der Waals surface area contributed by atoms with Crippen LogP contribution in [0.25, 0.3) is 0 Å². The highest BCUT2D eigenvalue weighted by atomic mass is 16.6. The van der Waals surface area contributed by atoms with E-state index in [1.165, 1.54) is 0 Å². The molecule has 4 nitrogen and oxygen atoms in total. The van der Waals surface area contributed by atoms with Gasteiger partial charge in [0.2, 0.25) is 0 Å². The standard InChI is InChI=1S/C19H19NO3/c1-10-11(2)13(4)16-15(12(10)3)18(20(22)23)17(19(16)21)14-8-6-5-7-9-14/h5-9,17-18H,1-4H3/t17-,18-/m0/s1. The number of hydrogen-bond acceptors (Lipinski definition) is 3. The van der Waals surface area contributed by atoms with E-state index in [2.05, 4.69) is 0 Å². The molecule has 2 aromatic rings. The number of carbonyl (C=O) groups excluding carboxylic acids is 1. The second kappa shape index (κ2) is 5.30. The van der Waals surface area contributed by atoms with Gasteiger partial charge in [-0.3, -0.25) is 14.9 Å². The van der Waals surface area contributed by atoms with Gasteiger partial charge in [-0.25, -0.2) is 0 Å². The molecular formula is C19H19NO3. The second-order valence-corrected chi connectivity index (χ2v) is 6.27. The smallest absolute Gasteiger partial charge is 0.253 e. The van der Waals surface area contributed by atoms with Gasteiger partial charge in [-0.2, -0.15) is 0 Å². The summed E-state index contributed by atoms with van der Waals surface area (Å²) in [6.07, 6.45) is 0. The topological polar surface area (TPSA) is 60.2 Å². The zero-order valence-electron chi connectivity index (χ0n) is 13.7. The quantitative estimate of drug-likeness (QED) is 0.616. The van der Waals surface area contributed by atoms with Crippen molar-refractivity contribution in [2.45, 2.75) is 39.7 Å². The molecule has 0 aromatic heterocycles. The van der Waals surface area contributed by atoms with Gasteiger partial charge >= 0.3 is 0 Å². The molecule has 1 aliphatic rings. The minimum absolute atomic E-state index is 0.128. The highest BCUT2D eigenvalue weighted by Crippen LogP contribution is 2.48. The summed E-state index contributed by atoms with van der Waals surface area (Å²) in [6, 6.07) is 8.09. The molecule has 0 unspecified atom stereocenters. The Morgan fingerprint density at radius 3 is 2.04 bits per heavy atom. The van der Waals surface area contributed by atoms with Gasteiger partial charge in [-0.05, 0) is 55.5 Å². The maximum absolute atomic E-state index is 13.0. The van der Waals surface area contributed by atoms with E-state index >= 15 is 0 Å². The van der Waals surface area contributed by atoms with Gasteiger partial charge in [0.05, 0.1) is 0 Å². The van der Waals surface area contributed by atoms with Crippen molar-refractivity contribution in [1.82, 2.24) is 0 Å². The highest BCUT2D eigenvalue weighted by Gasteiger charge is 2.50. The molecule has 118 valence electrons. The number of Topliss-reactive ketones (excluding diaryl/α,β-unsaturated/α-hetero) is 1. The first kappa shape index (κ1) is 15.4. The minimum Gasteiger partial charge on any atom is -0.293 e. The van der Waals surface area contributed by atoms with Crippen molar-refractivity contribution in [2.24, 2.45) is 0 Å². The number of benzene rings is 2. The monoisotopic (exact) mass is 309 g/mol. The van der Waals surface area contributed by atoms with Crippen molar-refractivity contribution in [3.8, 4) is 0 Å². The average molecular weight is 309 g/mol. The summed E-state index contributed by atoms with van der Waals surface area (Å²) in [7, 11) is 0. The van der Waals surface area contributed by atoms with Gasteiger partial charge in [0, 0.05) is 16.1 Å². The fourth-order valence-electron chi connectivity index (χ4n) is 3.72. The van der Waals surface area contributed by atoms with Crippen molar-refractivity contribution in [3.63, 3.8) is 0 Å². The average Bonchev–Trinajstić information content (AvgIpc) is 2.85. The lowest BCUT2D eigenvalue weighted by Crippen LogP contribution is -2.18. The molecule has 1 aliphatic carbocycles. The van der Waals surface area contributed by atoms with Crippen LogP contribution in [-0.4, -0.2) is 10.7 Å². The van der Waals surface area contributed by atoms with Crippen LogP contribution in [0.2, 0.25) is 0 Å². The molecule has 2 aromatic carbocycles. The Hall–Kier alpha value is -2.49. The summed E-state index contributed by atoms with van der Waals surface area (Å²) in [6.45, 7) is 7.72. The lowest BCUT2D eigenvalue weighted by molar-refractivity contribution is -0.529. The number of hydrogen-bond donors (Lipinski definition) is 0. The maximum atomic E-state index is 13.0. The largest absolute Gasteiger partial charge is 0.293 e. The predicted molar refractivity (Wildman–Crippen MR) is 88.6 cm³/mol. The zero-order valence-corrected chi connectivity index (χ0v) is 13.7. The van der Waals surface area contributed by atoms with E-state index in [4.69, 9.17) is 0 Å². The van der Waals surface area contributed by atoms with E-state index in [0.29, 0.717) is 16.7 Å². The van der Waals surface area contributed by atoms with Crippen LogP contribution in [0.5, 0.6) is 0 Å². The summed E-state index contributed by atoms with van der Waals surface area (Å²) in [5.41, 5.74) is 5.70. The third kappa shape index (κ3) is 2.09. The van der Waals surface area contributed by atoms with E-state index < -0.39 is 12.0 Å². The van der Waals surface area contributed by atoms with Crippen LogP contribution in [0.3, 0.4) is 0 Å². The van der Waals surface area contributed by atoms with E-state index in [9.17, 15) is 14.9 Å². The molecule has 0 amide bonds. The molecule has 0 saturated carbocycles. The fourth-order valence-corrected chi connectivity index (χ4v) is 3.72. The summed E-state index contributed by atoms with van der Waals surface area (Å²) in [5.74, 6) is -0.864. The van der Waals surface area contributed by atoms with Gasteiger partial charge in [0.25, 0.3) is 6.04 Å². The van der Waals surface area contributed by atoms with Gasteiger partial charge in [0.15, 0.2) is 5.78 Å². The normalized spacial score (nSPS) is 19.7. The molecule has 0 aliphatic heterocycles. The molecule has 0 fully saturated rings. The van der Waals surface area contributed by atoms with Crippen LogP contribution in [0.1, 0.15) is 55.7 Å². The van der Waals surface area contributed by atoms with E-state index in [-0.39, 0.29) is 10.7 Å². The van der Waals surface area contributed by atoms with Crippen LogP contribution in [0.4, 0.5) is 0 Å². The summed E-state index contributed by atoms with van der Waals surface area (Å²) in [5, 5.41) is 11.8. The Bertz CT molecular complexity index is 824. The molecular weight excluding hydrogens is 290 g/mol. The van der Waals surface area contributed by atoms with Gasteiger partial charge < -0.3 is 0 Å². The Morgan fingerprint density at radius 1 is 0.913 bits per heavy atom. The molecule has 0 spiro atoms. The first-order valence-corrected chi connectivity index (χ1v) is 7.69. The number of carbonyl (C=O) groups is 1. The summed E-state index contributed by atoms with van der Waals surface area (Å²) in [4.78, 5) is 24.5. The van der Waals surface area contributed by atoms with Crippen molar-refractivity contribution in [1.29, 1.82) is 0 Å². The van der Waals surface area contributed by atoms with Crippen LogP contribution in [0, 0.1) is 37.8 Å². The lowest BCUT2D eigenvalue weighted by atomic mass is 9.89. The first-order chi connectivity index (χ1) is 10.9. The molecule has 0 bridgehead atoms. The third-order valence-corrected chi connectivity index (χ3v) is 5.26. The van der Waals surface area contributed by atoms with Crippen molar-refractivity contribution >= 4 is 5.78 Å². The minimum atomic E-state index is -1.00. The molecule has 0 radical (unpaired) electrons. The van der Waals surface area contributed by atoms with Crippen LogP contribution < -0.4 is 0 Å². The number of nitrogens with zero attached hydrogens (tertiary/aromatic N) is 1. The van der Waals surface area contributed by atoms with E-state index in [1.807, 2.05) is 45.9 Å². The van der Waals surface area contributed by atoms with Gasteiger partial charge in [-0.15, -0.1) is 0 Å². The Labute approximate surface area is 135 Å². The van der Waals surface area contributed by atoms with Gasteiger partial charge in [0.1, 0.15) is 5.92 Å². The molecule has 0 saturated heterocycles. The lowest BCUT2D eigenvalue weighted by Gasteiger charge is -2.16. The number of rotatable bonds is 2. The van der Waals surface area contributed by atoms with E-state index in [0.717, 1.165) is 22.3 Å². The molecule has 2 atom stereocenters. The fraction of sp³-hybridized carbons (Fsp3) is 0.316. The van der Waals surface area contributed by atoms with Crippen LogP contribution >= 0.6 is 0 Å². The van der Waals surface area contributed by atoms with Crippen LogP contribution in [0.15, 0.2) is 30.3 Å². The van der Waals surface area contributed by atoms with E-state index in [1.54, 1.807) is 12.1 Å². The first-order valence-electron chi connectivity index (χ1n) is 7.69. The molecule has 4 heteroatoms. The molecule has 23 heavy (non-hydrogen) atoms. The number of fused-ring (bicyclic) bond motifs is 1. The third-order valence-electron chi connectivity index (χ3n) is 5.26. The van der Waals surface area contributed by atoms with Crippen LogP contribution in [-0.2, 0) is 0 Å². The maximum Gasteiger partial charge on any atom is 0.253 e. The number of ketones is 1. The van der Waals surface area contributed by atoms with Crippen molar-refractivity contribution in [2.75, 3.05) is 0 Å².